The maximum absolute atomic E-state index is 5.86. The van der Waals surface area contributed by atoms with Crippen LogP contribution >= 0.6 is 11.6 Å². The number of rotatable bonds is 3. The Balaban J connectivity index is 1.90. The first-order chi connectivity index (χ1) is 7.25. The third kappa shape index (κ3) is 2.79. The van der Waals surface area contributed by atoms with E-state index >= 15 is 0 Å². The van der Waals surface area contributed by atoms with Crippen molar-refractivity contribution in [3.63, 3.8) is 0 Å². The summed E-state index contributed by atoms with van der Waals surface area (Å²) in [4.78, 5) is 8.09. The van der Waals surface area contributed by atoms with Crippen LogP contribution in [0.25, 0.3) is 0 Å². The fourth-order valence-electron chi connectivity index (χ4n) is 1.55. The van der Waals surface area contributed by atoms with Gasteiger partial charge >= 0.3 is 6.01 Å². The van der Waals surface area contributed by atoms with Crippen LogP contribution in [0.2, 0.25) is 5.15 Å². The van der Waals surface area contributed by atoms with Crippen LogP contribution in [0.5, 0.6) is 6.01 Å². The highest BCUT2D eigenvalue weighted by Gasteiger charge is 2.15. The van der Waals surface area contributed by atoms with Gasteiger partial charge in [-0.2, -0.15) is 4.98 Å². The molecule has 2 rings (SSSR count). The van der Waals surface area contributed by atoms with Gasteiger partial charge < -0.3 is 10.1 Å². The molecule has 82 valence electrons. The molecular formula is C10H14ClN3O. The van der Waals surface area contributed by atoms with Gasteiger partial charge in [0.05, 0.1) is 0 Å². The summed E-state index contributed by atoms with van der Waals surface area (Å²) in [6, 6.07) is 0.785. The summed E-state index contributed by atoms with van der Waals surface area (Å²) < 4.78 is 5.46. The summed E-state index contributed by atoms with van der Waals surface area (Å²) in [5.74, 6) is 0. The largest absolute Gasteiger partial charge is 0.462 e. The lowest BCUT2D eigenvalue weighted by molar-refractivity contribution is 0.257. The zero-order valence-electron chi connectivity index (χ0n) is 8.66. The van der Waals surface area contributed by atoms with E-state index < -0.39 is 0 Å². The lowest BCUT2D eigenvalue weighted by Gasteiger charge is -2.10. The summed E-state index contributed by atoms with van der Waals surface area (Å²) >= 11 is 5.86. The first-order valence-corrected chi connectivity index (χ1v) is 5.49. The number of aromatic nitrogens is 2. The second kappa shape index (κ2) is 4.77. The molecule has 4 nitrogen and oxygen atoms in total. The Morgan fingerprint density at radius 3 is 3.20 bits per heavy atom. The summed E-state index contributed by atoms with van der Waals surface area (Å²) in [5, 5.41) is 3.80. The van der Waals surface area contributed by atoms with Gasteiger partial charge in [-0.05, 0) is 26.3 Å². The maximum Gasteiger partial charge on any atom is 0.317 e. The number of nitrogens with zero attached hydrogens (tertiary/aromatic N) is 2. The molecule has 1 atom stereocenters. The van der Waals surface area contributed by atoms with Gasteiger partial charge in [0, 0.05) is 17.8 Å². The van der Waals surface area contributed by atoms with Crippen molar-refractivity contribution in [3.8, 4) is 6.01 Å². The van der Waals surface area contributed by atoms with Gasteiger partial charge in [0.15, 0.2) is 0 Å². The number of hydrogen-bond acceptors (Lipinski definition) is 4. The van der Waals surface area contributed by atoms with Crippen molar-refractivity contribution in [1.82, 2.24) is 15.3 Å². The Morgan fingerprint density at radius 2 is 2.53 bits per heavy atom. The normalized spacial score (nSPS) is 20.5. The first-order valence-electron chi connectivity index (χ1n) is 5.11. The number of hydrogen-bond donors (Lipinski definition) is 1. The van der Waals surface area contributed by atoms with Crippen LogP contribution < -0.4 is 10.1 Å². The first kappa shape index (κ1) is 10.6. The molecule has 2 heterocycles. The molecule has 1 aliphatic heterocycles. The summed E-state index contributed by atoms with van der Waals surface area (Å²) in [6.45, 7) is 3.55. The fourth-order valence-corrected chi connectivity index (χ4v) is 1.67. The Labute approximate surface area is 94.0 Å². The molecule has 1 N–H and O–H groups in total. The molecule has 1 aliphatic rings. The quantitative estimate of drug-likeness (QED) is 0.797. The Hall–Kier alpha value is -0.870. The van der Waals surface area contributed by atoms with Crippen LogP contribution in [0, 0.1) is 6.92 Å². The molecule has 0 aliphatic carbocycles. The molecule has 0 aromatic carbocycles. The monoisotopic (exact) mass is 227 g/mol. The highest BCUT2D eigenvalue weighted by atomic mass is 35.5. The predicted octanol–water partition coefficient (Wildman–Crippen LogP) is 1.57. The third-order valence-corrected chi connectivity index (χ3v) is 2.85. The van der Waals surface area contributed by atoms with Crippen LogP contribution in [0.15, 0.2) is 6.20 Å². The zero-order valence-corrected chi connectivity index (χ0v) is 9.42. The molecule has 1 fully saturated rings. The van der Waals surface area contributed by atoms with Crippen molar-refractivity contribution in [2.75, 3.05) is 13.2 Å². The van der Waals surface area contributed by atoms with Gasteiger partial charge in [0.25, 0.3) is 0 Å². The van der Waals surface area contributed by atoms with Crippen LogP contribution in [0.1, 0.15) is 18.4 Å². The van der Waals surface area contributed by atoms with E-state index in [9.17, 15) is 0 Å². The van der Waals surface area contributed by atoms with Crippen LogP contribution in [-0.4, -0.2) is 29.2 Å². The molecule has 0 unspecified atom stereocenters. The molecule has 0 saturated carbocycles. The molecule has 1 aromatic heterocycles. The number of ether oxygens (including phenoxy) is 1. The van der Waals surface area contributed by atoms with E-state index in [1.54, 1.807) is 6.20 Å². The minimum atomic E-state index is 0.360. The summed E-state index contributed by atoms with van der Waals surface area (Å²) in [5.41, 5.74) is 0.864. The lowest BCUT2D eigenvalue weighted by Crippen LogP contribution is -2.28. The minimum Gasteiger partial charge on any atom is -0.462 e. The average Bonchev–Trinajstić information content (AvgIpc) is 2.73. The SMILES string of the molecule is Cc1cnc(OC[C@H]2CCCN2)nc1Cl. The van der Waals surface area contributed by atoms with Crippen molar-refractivity contribution >= 4 is 11.6 Å². The van der Waals surface area contributed by atoms with Crippen molar-refractivity contribution in [2.24, 2.45) is 0 Å². The number of aryl methyl sites for hydroxylation is 1. The molecule has 1 saturated heterocycles. The van der Waals surface area contributed by atoms with Gasteiger partial charge in [0.2, 0.25) is 0 Å². The molecule has 1 aromatic rings. The van der Waals surface area contributed by atoms with Crippen LogP contribution in [-0.2, 0) is 0 Å². The Kier molecular flexibility index (Phi) is 3.38. The van der Waals surface area contributed by atoms with Gasteiger partial charge in [-0.25, -0.2) is 4.98 Å². The van der Waals surface area contributed by atoms with Gasteiger partial charge in [-0.1, -0.05) is 11.6 Å². The van der Waals surface area contributed by atoms with E-state index in [1.807, 2.05) is 6.92 Å². The molecular weight excluding hydrogens is 214 g/mol. The predicted molar refractivity (Wildman–Crippen MR) is 58.3 cm³/mol. The fraction of sp³-hybridized carbons (Fsp3) is 0.600. The molecule has 0 amide bonds. The van der Waals surface area contributed by atoms with Gasteiger partial charge in [-0.3, -0.25) is 0 Å². The second-order valence-corrected chi connectivity index (χ2v) is 4.09. The summed E-state index contributed by atoms with van der Waals surface area (Å²) in [7, 11) is 0. The topological polar surface area (TPSA) is 47.0 Å². The smallest absolute Gasteiger partial charge is 0.317 e. The van der Waals surface area contributed by atoms with Crippen LogP contribution in [0.4, 0.5) is 0 Å². The highest BCUT2D eigenvalue weighted by Crippen LogP contribution is 2.14. The zero-order chi connectivity index (χ0) is 10.7. The van der Waals surface area contributed by atoms with E-state index in [0.717, 1.165) is 18.5 Å². The molecule has 0 spiro atoms. The average molecular weight is 228 g/mol. The molecule has 5 heteroatoms. The van der Waals surface area contributed by atoms with Crippen molar-refractivity contribution in [2.45, 2.75) is 25.8 Å². The summed E-state index contributed by atoms with van der Waals surface area (Å²) in [6.07, 6.45) is 4.04. The van der Waals surface area contributed by atoms with E-state index in [4.69, 9.17) is 16.3 Å². The van der Waals surface area contributed by atoms with E-state index in [0.29, 0.717) is 23.8 Å². The molecule has 0 radical (unpaired) electrons. The lowest BCUT2D eigenvalue weighted by atomic mass is 10.2. The molecule has 0 bridgehead atoms. The third-order valence-electron chi connectivity index (χ3n) is 2.46. The van der Waals surface area contributed by atoms with Crippen molar-refractivity contribution in [3.05, 3.63) is 16.9 Å². The molecule has 15 heavy (non-hydrogen) atoms. The standard InChI is InChI=1S/C10H14ClN3O/c1-7-5-13-10(14-9(7)11)15-6-8-3-2-4-12-8/h5,8,12H,2-4,6H2,1H3/t8-/m1/s1. The van der Waals surface area contributed by atoms with Crippen molar-refractivity contribution < 1.29 is 4.74 Å². The minimum absolute atomic E-state index is 0.360. The van der Waals surface area contributed by atoms with E-state index in [2.05, 4.69) is 15.3 Å². The van der Waals surface area contributed by atoms with Gasteiger partial charge in [0.1, 0.15) is 11.8 Å². The van der Waals surface area contributed by atoms with E-state index in [-0.39, 0.29) is 0 Å². The Bertz CT molecular complexity index is 339. The van der Waals surface area contributed by atoms with Crippen LogP contribution in [0.3, 0.4) is 0 Å². The highest BCUT2D eigenvalue weighted by molar-refractivity contribution is 6.30. The van der Waals surface area contributed by atoms with Crippen molar-refractivity contribution in [1.29, 1.82) is 0 Å². The number of nitrogens with one attached hydrogen (secondary N) is 1. The second-order valence-electron chi connectivity index (χ2n) is 3.73. The van der Waals surface area contributed by atoms with Gasteiger partial charge in [-0.15, -0.1) is 0 Å². The van der Waals surface area contributed by atoms with E-state index in [1.165, 1.54) is 6.42 Å². The maximum atomic E-state index is 5.86. The number of halogens is 1. The Morgan fingerprint density at radius 1 is 1.67 bits per heavy atom.